The fourth-order valence-electron chi connectivity index (χ4n) is 3.44. The Morgan fingerprint density at radius 3 is 2.56 bits per heavy atom. The first-order valence-corrected chi connectivity index (χ1v) is 12.0. The van der Waals surface area contributed by atoms with E-state index in [1.54, 1.807) is 0 Å². The number of alkyl halides is 3. The molecule has 0 aliphatic rings. The first-order chi connectivity index (χ1) is 16.2. The minimum Gasteiger partial charge on any atom is -0.472 e. The summed E-state index contributed by atoms with van der Waals surface area (Å²) in [5, 5.41) is 1.99. The van der Waals surface area contributed by atoms with Crippen molar-refractivity contribution in [2.75, 3.05) is 0 Å². The molecule has 0 bridgehead atoms. The van der Waals surface area contributed by atoms with E-state index in [1.165, 1.54) is 55.0 Å². The Morgan fingerprint density at radius 2 is 2.03 bits per heavy atom. The maximum atomic E-state index is 13.3. The third kappa shape index (κ3) is 5.80. The minimum atomic E-state index is -4.64. The highest BCUT2D eigenvalue weighted by molar-refractivity contribution is 7.11. The number of fused-ring (bicyclic) bond motifs is 1. The summed E-state index contributed by atoms with van der Waals surface area (Å²) in [5.41, 5.74) is 0.659. The number of hydrogen-bond donors (Lipinski definition) is 0. The molecular weight excluding hydrogens is 485 g/mol. The van der Waals surface area contributed by atoms with Gasteiger partial charge in [0.2, 0.25) is 0 Å². The summed E-state index contributed by atoms with van der Waals surface area (Å²) in [6, 6.07) is 6.81. The number of hydrogen-bond acceptors (Lipinski definition) is 4. The van der Waals surface area contributed by atoms with Crippen molar-refractivity contribution < 1.29 is 22.4 Å². The van der Waals surface area contributed by atoms with Crippen LogP contribution in [0.1, 0.15) is 61.0 Å². The SMILES string of the molecule is CC(=O)c1nc2c(C(F)(F)F)cc(-c3ccoc3)cn2c1Cl.CC/C=C(\CCC)c1cccs1. The van der Waals surface area contributed by atoms with Crippen molar-refractivity contribution in [3.63, 3.8) is 0 Å². The molecule has 4 aromatic rings. The van der Waals surface area contributed by atoms with Crippen molar-refractivity contribution in [2.45, 2.75) is 46.2 Å². The van der Waals surface area contributed by atoms with Gasteiger partial charge in [-0.1, -0.05) is 44.0 Å². The molecule has 0 fully saturated rings. The van der Waals surface area contributed by atoms with Crippen LogP contribution in [0.2, 0.25) is 5.15 Å². The van der Waals surface area contributed by atoms with Crippen molar-refractivity contribution in [1.82, 2.24) is 9.38 Å². The van der Waals surface area contributed by atoms with E-state index in [9.17, 15) is 18.0 Å². The van der Waals surface area contributed by atoms with Crippen molar-refractivity contribution in [3.05, 3.63) is 75.7 Å². The van der Waals surface area contributed by atoms with Crippen LogP contribution < -0.4 is 0 Å². The van der Waals surface area contributed by atoms with Crippen LogP contribution in [0.4, 0.5) is 13.2 Å². The lowest BCUT2D eigenvalue weighted by Crippen LogP contribution is -2.08. The van der Waals surface area contributed by atoms with E-state index >= 15 is 0 Å². The second kappa shape index (κ2) is 11.1. The molecule has 0 saturated heterocycles. The van der Waals surface area contributed by atoms with Gasteiger partial charge in [-0.05, 0) is 42.0 Å². The van der Waals surface area contributed by atoms with Crippen LogP contribution in [-0.2, 0) is 6.18 Å². The van der Waals surface area contributed by atoms with Crippen LogP contribution in [0.15, 0.2) is 58.9 Å². The smallest absolute Gasteiger partial charge is 0.420 e. The van der Waals surface area contributed by atoms with Crippen LogP contribution in [0.3, 0.4) is 0 Å². The number of carbonyl (C=O) groups excluding carboxylic acids is 1. The Kier molecular flexibility index (Phi) is 8.38. The van der Waals surface area contributed by atoms with Gasteiger partial charge in [0.25, 0.3) is 0 Å². The van der Waals surface area contributed by atoms with E-state index in [4.69, 9.17) is 16.0 Å². The van der Waals surface area contributed by atoms with Gasteiger partial charge in [0, 0.05) is 29.1 Å². The lowest BCUT2D eigenvalue weighted by Gasteiger charge is -2.10. The van der Waals surface area contributed by atoms with Crippen molar-refractivity contribution in [3.8, 4) is 11.1 Å². The number of rotatable bonds is 6. The standard InChI is InChI=1S/C14H8ClF3N2O2.C11H16S/c1-7(21)11-12(15)20-5-9(8-2-3-22-6-8)4-10(13(20)19-11)14(16,17)18;1-3-6-10(7-4-2)11-8-5-9-12-11/h2-6H,1H3;5-6,8-9H,3-4,7H2,1-2H3/b;10-6+. The van der Waals surface area contributed by atoms with Gasteiger partial charge in [-0.3, -0.25) is 9.20 Å². The molecule has 34 heavy (non-hydrogen) atoms. The van der Waals surface area contributed by atoms with Gasteiger partial charge in [0.05, 0.1) is 18.1 Å². The lowest BCUT2D eigenvalue weighted by atomic mass is 10.1. The highest BCUT2D eigenvalue weighted by Crippen LogP contribution is 2.37. The summed E-state index contributed by atoms with van der Waals surface area (Å²) in [5.74, 6) is -0.508. The summed E-state index contributed by atoms with van der Waals surface area (Å²) < 4.78 is 45.8. The molecule has 0 aliphatic heterocycles. The van der Waals surface area contributed by atoms with E-state index in [2.05, 4.69) is 42.4 Å². The van der Waals surface area contributed by atoms with Gasteiger partial charge in [-0.2, -0.15) is 13.2 Å². The molecule has 0 saturated carbocycles. The Labute approximate surface area is 204 Å². The molecule has 4 rings (SSSR count). The normalized spacial score (nSPS) is 12.0. The van der Waals surface area contributed by atoms with E-state index < -0.39 is 23.2 Å². The number of carbonyl (C=O) groups is 1. The molecular formula is C25H24ClF3N2O2S. The molecule has 180 valence electrons. The largest absolute Gasteiger partial charge is 0.472 e. The Hall–Kier alpha value is -2.84. The molecule has 0 spiro atoms. The zero-order chi connectivity index (χ0) is 24.9. The zero-order valence-electron chi connectivity index (χ0n) is 18.9. The van der Waals surface area contributed by atoms with Crippen LogP contribution >= 0.6 is 22.9 Å². The summed E-state index contributed by atoms with van der Waals surface area (Å²) in [6.07, 6.45) is 5.36. The summed E-state index contributed by atoms with van der Waals surface area (Å²) in [6.45, 7) is 5.62. The lowest BCUT2D eigenvalue weighted by molar-refractivity contribution is -0.136. The van der Waals surface area contributed by atoms with Gasteiger partial charge in [0.15, 0.2) is 11.4 Å². The first-order valence-electron chi connectivity index (χ1n) is 10.7. The molecule has 4 nitrogen and oxygen atoms in total. The predicted octanol–water partition coefficient (Wildman–Crippen LogP) is 8.81. The monoisotopic (exact) mass is 508 g/mol. The van der Waals surface area contributed by atoms with E-state index in [-0.39, 0.29) is 16.4 Å². The quantitative estimate of drug-likeness (QED) is 0.244. The molecule has 0 aliphatic carbocycles. The van der Waals surface area contributed by atoms with Gasteiger partial charge in [-0.15, -0.1) is 11.3 Å². The number of halogens is 4. The number of Topliss-reactive ketones (excluding diaryl/α,β-unsaturated/α-hetero) is 1. The second-order valence-corrected chi connectivity index (χ2v) is 8.82. The molecule has 0 N–H and O–H groups in total. The third-order valence-corrected chi connectivity index (χ3v) is 6.27. The van der Waals surface area contributed by atoms with Crippen LogP contribution in [0.25, 0.3) is 22.3 Å². The van der Waals surface area contributed by atoms with E-state index in [0.29, 0.717) is 5.56 Å². The summed E-state index contributed by atoms with van der Waals surface area (Å²) in [4.78, 5) is 16.6. The maximum Gasteiger partial charge on any atom is 0.420 e. The van der Waals surface area contributed by atoms with Gasteiger partial charge < -0.3 is 4.42 Å². The number of allylic oxidation sites excluding steroid dienone is 2. The fourth-order valence-corrected chi connectivity index (χ4v) is 4.54. The van der Waals surface area contributed by atoms with E-state index in [1.807, 2.05) is 11.3 Å². The third-order valence-electron chi connectivity index (χ3n) is 4.96. The van der Waals surface area contributed by atoms with Gasteiger partial charge >= 0.3 is 6.18 Å². The molecule has 0 amide bonds. The van der Waals surface area contributed by atoms with Crippen molar-refractivity contribution in [1.29, 1.82) is 0 Å². The Bertz CT molecular complexity index is 1270. The highest BCUT2D eigenvalue weighted by atomic mass is 35.5. The van der Waals surface area contributed by atoms with Crippen LogP contribution in [0.5, 0.6) is 0 Å². The van der Waals surface area contributed by atoms with E-state index in [0.717, 1.165) is 16.9 Å². The second-order valence-electron chi connectivity index (χ2n) is 7.52. The topological polar surface area (TPSA) is 47.5 Å². The van der Waals surface area contributed by atoms with Gasteiger partial charge in [0.1, 0.15) is 10.8 Å². The van der Waals surface area contributed by atoms with Crippen molar-refractivity contribution in [2.24, 2.45) is 0 Å². The Balaban J connectivity index is 0.000000229. The minimum absolute atomic E-state index is 0.154. The number of ketones is 1. The molecule has 9 heteroatoms. The highest BCUT2D eigenvalue weighted by Gasteiger charge is 2.35. The Morgan fingerprint density at radius 1 is 1.26 bits per heavy atom. The molecule has 4 heterocycles. The number of furan rings is 1. The number of nitrogens with zero attached hydrogens (tertiary/aromatic N) is 2. The first kappa shape index (κ1) is 25.8. The fraction of sp³-hybridized carbons (Fsp3) is 0.280. The maximum absolute atomic E-state index is 13.3. The number of pyridine rings is 1. The average Bonchev–Trinajstić information content (AvgIpc) is 3.55. The number of thiophene rings is 1. The predicted molar refractivity (Wildman–Crippen MR) is 130 cm³/mol. The molecule has 0 atom stereocenters. The molecule has 0 aromatic carbocycles. The summed E-state index contributed by atoms with van der Waals surface area (Å²) in [7, 11) is 0. The molecule has 0 radical (unpaired) electrons. The van der Waals surface area contributed by atoms with Crippen LogP contribution in [0, 0.1) is 0 Å². The van der Waals surface area contributed by atoms with Gasteiger partial charge in [-0.25, -0.2) is 4.98 Å². The molecule has 4 aromatic heterocycles. The zero-order valence-corrected chi connectivity index (χ0v) is 20.5. The molecule has 0 unspecified atom stereocenters. The van der Waals surface area contributed by atoms with Crippen LogP contribution in [-0.4, -0.2) is 15.2 Å². The summed E-state index contributed by atoms with van der Waals surface area (Å²) >= 11 is 7.84. The van der Waals surface area contributed by atoms with Crippen molar-refractivity contribution >= 4 is 39.9 Å². The number of imidazole rings is 1. The number of aromatic nitrogens is 2. The average molecular weight is 509 g/mol.